The molecule has 0 aliphatic rings. The zero-order valence-electron chi connectivity index (χ0n) is 10.5. The van der Waals surface area contributed by atoms with Gasteiger partial charge in [0.15, 0.2) is 5.82 Å². The van der Waals surface area contributed by atoms with Gasteiger partial charge in [0.1, 0.15) is 6.07 Å². The Hall–Kier alpha value is -1.12. The quantitative estimate of drug-likeness (QED) is 0.877. The van der Waals surface area contributed by atoms with Crippen LogP contribution >= 0.6 is 15.9 Å². The van der Waals surface area contributed by atoms with Crippen molar-refractivity contribution in [3.05, 3.63) is 28.0 Å². The van der Waals surface area contributed by atoms with E-state index in [9.17, 15) is 4.39 Å². The van der Waals surface area contributed by atoms with Crippen LogP contribution in [0.25, 0.3) is 0 Å². The Morgan fingerprint density at radius 2 is 2.17 bits per heavy atom. The van der Waals surface area contributed by atoms with Crippen molar-refractivity contribution < 1.29 is 4.39 Å². The van der Waals surface area contributed by atoms with Crippen molar-refractivity contribution in [2.45, 2.75) is 26.3 Å². The van der Waals surface area contributed by atoms with Crippen LogP contribution in [0.2, 0.25) is 0 Å². The average Bonchev–Trinajstić information content (AvgIpc) is 2.33. The third-order valence-corrected chi connectivity index (χ3v) is 3.38. The molecule has 1 aromatic carbocycles. The second-order valence-electron chi connectivity index (χ2n) is 4.61. The fourth-order valence-electron chi connectivity index (χ4n) is 1.75. The van der Waals surface area contributed by atoms with E-state index in [1.165, 1.54) is 0 Å². The van der Waals surface area contributed by atoms with Gasteiger partial charge in [-0.1, -0.05) is 13.8 Å². The van der Waals surface area contributed by atoms with E-state index in [-0.39, 0.29) is 16.1 Å². The minimum absolute atomic E-state index is 0.0272. The summed E-state index contributed by atoms with van der Waals surface area (Å²) in [6.07, 6.45) is 0.869. The van der Waals surface area contributed by atoms with Gasteiger partial charge in [0.2, 0.25) is 0 Å². The molecule has 0 amide bonds. The number of hydrogen-bond donors (Lipinski definition) is 2. The molecule has 0 aliphatic carbocycles. The van der Waals surface area contributed by atoms with Crippen LogP contribution in [0.3, 0.4) is 0 Å². The molecule has 3 nitrogen and oxygen atoms in total. The van der Waals surface area contributed by atoms with Crippen LogP contribution in [-0.2, 0) is 0 Å². The predicted octanol–water partition coefficient (Wildman–Crippen LogP) is 3.25. The fourth-order valence-corrected chi connectivity index (χ4v) is 2.18. The number of rotatable bonds is 5. The summed E-state index contributed by atoms with van der Waals surface area (Å²) >= 11 is 3.09. The van der Waals surface area contributed by atoms with Gasteiger partial charge in [0.05, 0.1) is 15.7 Å². The van der Waals surface area contributed by atoms with Gasteiger partial charge in [-0.2, -0.15) is 5.26 Å². The predicted molar refractivity (Wildman–Crippen MR) is 74.7 cm³/mol. The van der Waals surface area contributed by atoms with Gasteiger partial charge in [-0.3, -0.25) is 0 Å². The lowest BCUT2D eigenvalue weighted by Crippen LogP contribution is -2.30. The molecular formula is C13H17BrFN3. The molecular weight excluding hydrogens is 297 g/mol. The molecule has 18 heavy (non-hydrogen) atoms. The van der Waals surface area contributed by atoms with E-state index in [2.05, 4.69) is 35.1 Å². The number of halogens is 2. The third kappa shape index (κ3) is 3.69. The number of nitriles is 1. The van der Waals surface area contributed by atoms with Crippen LogP contribution < -0.4 is 11.1 Å². The summed E-state index contributed by atoms with van der Waals surface area (Å²) in [4.78, 5) is 0. The average molecular weight is 314 g/mol. The van der Waals surface area contributed by atoms with Crippen LogP contribution in [0.1, 0.15) is 25.8 Å². The first-order valence-electron chi connectivity index (χ1n) is 5.84. The zero-order valence-corrected chi connectivity index (χ0v) is 12.1. The van der Waals surface area contributed by atoms with Crippen molar-refractivity contribution in [3.8, 4) is 6.07 Å². The van der Waals surface area contributed by atoms with Gasteiger partial charge >= 0.3 is 0 Å². The van der Waals surface area contributed by atoms with E-state index >= 15 is 0 Å². The standard InChI is InChI=1S/C13H17BrFN3/c1-8(2)5-10(7-17)18-11-4-3-9(6-16)12(14)13(11)15/h3-4,8,10,18H,5,7,17H2,1-2H3. The first-order valence-corrected chi connectivity index (χ1v) is 6.63. The summed E-state index contributed by atoms with van der Waals surface area (Å²) < 4.78 is 14.2. The van der Waals surface area contributed by atoms with E-state index < -0.39 is 5.82 Å². The van der Waals surface area contributed by atoms with Crippen LogP contribution in [0.15, 0.2) is 16.6 Å². The van der Waals surface area contributed by atoms with Crippen LogP contribution in [0, 0.1) is 23.1 Å². The number of hydrogen-bond acceptors (Lipinski definition) is 3. The second kappa shape index (κ2) is 6.72. The lowest BCUT2D eigenvalue weighted by Gasteiger charge is -2.20. The molecule has 0 radical (unpaired) electrons. The smallest absolute Gasteiger partial charge is 0.161 e. The minimum atomic E-state index is -0.448. The highest BCUT2D eigenvalue weighted by atomic mass is 79.9. The third-order valence-electron chi connectivity index (χ3n) is 2.60. The summed E-state index contributed by atoms with van der Waals surface area (Å²) in [7, 11) is 0. The zero-order chi connectivity index (χ0) is 13.7. The Morgan fingerprint density at radius 3 is 2.67 bits per heavy atom. The molecule has 1 unspecified atom stereocenters. The first kappa shape index (κ1) is 14.9. The van der Waals surface area contributed by atoms with E-state index in [1.54, 1.807) is 12.1 Å². The van der Waals surface area contributed by atoms with Crippen molar-refractivity contribution in [3.63, 3.8) is 0 Å². The molecule has 0 saturated carbocycles. The summed E-state index contributed by atoms with van der Waals surface area (Å²) in [5, 5.41) is 11.9. The van der Waals surface area contributed by atoms with E-state index in [4.69, 9.17) is 11.0 Å². The van der Waals surface area contributed by atoms with Crippen molar-refractivity contribution >= 4 is 21.6 Å². The number of anilines is 1. The normalized spacial score (nSPS) is 12.3. The second-order valence-corrected chi connectivity index (χ2v) is 5.40. The van der Waals surface area contributed by atoms with E-state index in [0.29, 0.717) is 18.2 Å². The summed E-state index contributed by atoms with van der Waals surface area (Å²) in [6, 6.07) is 5.10. The monoisotopic (exact) mass is 313 g/mol. The lowest BCUT2D eigenvalue weighted by atomic mass is 10.0. The molecule has 0 aromatic heterocycles. The fraction of sp³-hybridized carbons (Fsp3) is 0.462. The van der Waals surface area contributed by atoms with Crippen molar-refractivity contribution in [2.24, 2.45) is 11.7 Å². The van der Waals surface area contributed by atoms with Crippen molar-refractivity contribution in [1.82, 2.24) is 0 Å². The maximum atomic E-state index is 14.0. The van der Waals surface area contributed by atoms with Gasteiger partial charge in [-0.05, 0) is 40.4 Å². The maximum absolute atomic E-state index is 14.0. The molecule has 5 heteroatoms. The summed E-state index contributed by atoms with van der Waals surface area (Å²) in [6.45, 7) is 4.63. The highest BCUT2D eigenvalue weighted by molar-refractivity contribution is 9.10. The Morgan fingerprint density at radius 1 is 1.50 bits per heavy atom. The van der Waals surface area contributed by atoms with Crippen LogP contribution in [0.5, 0.6) is 0 Å². The number of nitrogens with one attached hydrogen (secondary N) is 1. The summed E-state index contributed by atoms with van der Waals surface area (Å²) in [5.41, 5.74) is 6.32. The number of benzene rings is 1. The Labute approximate surface area is 115 Å². The molecule has 0 aliphatic heterocycles. The molecule has 0 fully saturated rings. The van der Waals surface area contributed by atoms with Crippen molar-refractivity contribution in [2.75, 3.05) is 11.9 Å². The molecule has 1 rings (SSSR count). The first-order chi connectivity index (χ1) is 8.49. The molecule has 1 atom stereocenters. The van der Waals surface area contributed by atoms with Gasteiger partial charge in [-0.25, -0.2) is 4.39 Å². The SMILES string of the molecule is CC(C)CC(CN)Nc1ccc(C#N)c(Br)c1F. The molecule has 0 heterocycles. The van der Waals surface area contributed by atoms with Crippen LogP contribution in [0.4, 0.5) is 10.1 Å². The molecule has 3 N–H and O–H groups in total. The van der Waals surface area contributed by atoms with Gasteiger partial charge in [0.25, 0.3) is 0 Å². The van der Waals surface area contributed by atoms with Gasteiger partial charge in [0, 0.05) is 12.6 Å². The number of nitrogens with zero attached hydrogens (tertiary/aromatic N) is 1. The van der Waals surface area contributed by atoms with Gasteiger partial charge in [-0.15, -0.1) is 0 Å². The number of nitrogens with two attached hydrogens (primary N) is 1. The highest BCUT2D eigenvalue weighted by Gasteiger charge is 2.15. The minimum Gasteiger partial charge on any atom is -0.379 e. The van der Waals surface area contributed by atoms with E-state index in [1.807, 2.05) is 6.07 Å². The van der Waals surface area contributed by atoms with E-state index in [0.717, 1.165) is 6.42 Å². The Kier molecular flexibility index (Phi) is 5.57. The largest absolute Gasteiger partial charge is 0.379 e. The maximum Gasteiger partial charge on any atom is 0.161 e. The Balaban J connectivity index is 2.91. The highest BCUT2D eigenvalue weighted by Crippen LogP contribution is 2.27. The molecule has 0 spiro atoms. The van der Waals surface area contributed by atoms with Crippen molar-refractivity contribution in [1.29, 1.82) is 5.26 Å². The molecule has 0 saturated heterocycles. The van der Waals surface area contributed by atoms with Gasteiger partial charge < -0.3 is 11.1 Å². The Bertz CT molecular complexity index is 454. The lowest BCUT2D eigenvalue weighted by molar-refractivity contribution is 0.518. The topological polar surface area (TPSA) is 61.8 Å². The molecule has 98 valence electrons. The molecule has 0 bridgehead atoms. The summed E-state index contributed by atoms with van der Waals surface area (Å²) in [5.74, 6) is 0.0344. The van der Waals surface area contributed by atoms with Crippen LogP contribution in [-0.4, -0.2) is 12.6 Å². The molecule has 1 aromatic rings.